The highest BCUT2D eigenvalue weighted by atomic mass is 16.6. The molecule has 5 unspecified atom stereocenters. The molecule has 0 spiro atoms. The highest BCUT2D eigenvalue weighted by Gasteiger charge is 2.45. The summed E-state index contributed by atoms with van der Waals surface area (Å²) in [6.45, 7) is 9.23. The van der Waals surface area contributed by atoms with Crippen molar-refractivity contribution in [2.75, 3.05) is 6.61 Å². The Morgan fingerprint density at radius 1 is 1.17 bits per heavy atom. The van der Waals surface area contributed by atoms with Crippen molar-refractivity contribution in [3.63, 3.8) is 0 Å². The maximum atomic E-state index is 12.7. The van der Waals surface area contributed by atoms with Crippen molar-refractivity contribution in [2.45, 2.75) is 108 Å². The number of carbonyl (C=O) groups is 1. The number of carbonyl (C=O) groups excluding carboxylic acids is 1. The number of amides is 1. The SMILES string of the molecule is C=C1CC(C)CC2CC=C[C@@H](C/C=C\C(=O)NC(C/C=C/C3CC(C)=CCO3)C[C@@H]3O[C@H]3C(O)C1)O2. The van der Waals surface area contributed by atoms with Crippen LogP contribution < -0.4 is 5.32 Å². The molecule has 0 aromatic carbocycles. The summed E-state index contributed by atoms with van der Waals surface area (Å²) in [5.41, 5.74) is 2.40. The second kappa shape index (κ2) is 13.0. The Morgan fingerprint density at radius 3 is 2.86 bits per heavy atom. The van der Waals surface area contributed by atoms with Crippen molar-refractivity contribution >= 4 is 5.91 Å². The van der Waals surface area contributed by atoms with Crippen molar-refractivity contribution in [3.05, 3.63) is 60.3 Å². The van der Waals surface area contributed by atoms with Crippen LogP contribution >= 0.6 is 0 Å². The average Bonchev–Trinajstić information content (AvgIpc) is 3.58. The smallest absolute Gasteiger partial charge is 0.243 e. The number of hydrogen-bond donors (Lipinski definition) is 2. The van der Waals surface area contributed by atoms with Gasteiger partial charge in [-0.05, 0) is 70.3 Å². The van der Waals surface area contributed by atoms with Gasteiger partial charge in [-0.3, -0.25) is 4.79 Å². The largest absolute Gasteiger partial charge is 0.390 e. The predicted molar refractivity (Wildman–Crippen MR) is 141 cm³/mol. The number of rotatable bonds is 3. The molecule has 6 heteroatoms. The lowest BCUT2D eigenvalue weighted by molar-refractivity contribution is -0.117. The number of ether oxygens (including phenoxy) is 3. The van der Waals surface area contributed by atoms with Crippen molar-refractivity contribution in [1.82, 2.24) is 5.32 Å². The highest BCUT2D eigenvalue weighted by Crippen LogP contribution is 2.34. The maximum Gasteiger partial charge on any atom is 0.243 e. The maximum absolute atomic E-state index is 12.7. The number of fused-ring (bicyclic) bond motifs is 3. The molecule has 2 bridgehead atoms. The Morgan fingerprint density at radius 2 is 2.03 bits per heavy atom. The molecule has 6 nitrogen and oxygen atoms in total. The third kappa shape index (κ3) is 8.55. The van der Waals surface area contributed by atoms with E-state index >= 15 is 0 Å². The highest BCUT2D eigenvalue weighted by molar-refractivity contribution is 5.87. The number of nitrogens with one attached hydrogen (secondary N) is 1. The topological polar surface area (TPSA) is 80.3 Å². The van der Waals surface area contributed by atoms with E-state index in [-0.39, 0.29) is 42.5 Å². The van der Waals surface area contributed by atoms with E-state index in [0.29, 0.717) is 38.2 Å². The molecule has 0 aliphatic carbocycles. The molecule has 0 aromatic rings. The Hall–Kier alpha value is -1.99. The fourth-order valence-corrected chi connectivity index (χ4v) is 5.57. The number of epoxide rings is 1. The summed E-state index contributed by atoms with van der Waals surface area (Å²) in [6.07, 6.45) is 19.8. The van der Waals surface area contributed by atoms with Gasteiger partial charge in [0.15, 0.2) is 0 Å². The number of aliphatic hydroxyl groups is 1. The van der Waals surface area contributed by atoms with E-state index in [9.17, 15) is 9.90 Å². The zero-order valence-corrected chi connectivity index (χ0v) is 21.8. The Kier molecular flexibility index (Phi) is 9.77. The van der Waals surface area contributed by atoms with Crippen LogP contribution in [-0.4, -0.2) is 60.3 Å². The second-order valence-electron chi connectivity index (χ2n) is 11.0. The zero-order chi connectivity index (χ0) is 25.5. The van der Waals surface area contributed by atoms with E-state index in [1.54, 1.807) is 6.08 Å². The second-order valence-corrected chi connectivity index (χ2v) is 11.0. The summed E-state index contributed by atoms with van der Waals surface area (Å²) in [5.74, 6) is 0.319. The van der Waals surface area contributed by atoms with Crippen molar-refractivity contribution < 1.29 is 24.1 Å². The average molecular weight is 498 g/mol. The Bertz CT molecular complexity index is 890. The lowest BCUT2D eigenvalue weighted by Crippen LogP contribution is -2.35. The summed E-state index contributed by atoms with van der Waals surface area (Å²) in [6, 6.07) is -0.0851. The van der Waals surface area contributed by atoms with Crippen LogP contribution in [0.5, 0.6) is 0 Å². The molecular formula is C30H43NO5. The standard InChI is InChI=1S/C30H43NO5/c1-20-13-14-34-25(16-20)10-4-7-23-19-28-30(36-28)27(32)18-22(3)15-21(2)17-26-11-5-8-24(35-26)9-6-12-29(33)31-23/h4-6,8,10,12-13,21,23-28,30,32H,3,7,9,11,14-19H2,1-2H3,(H,31,33)/b10-4+,12-6-/t21?,23?,24-,25?,26?,27?,28-,30-/m0/s1. The first-order chi connectivity index (χ1) is 17.4. The van der Waals surface area contributed by atoms with Gasteiger partial charge in [-0.25, -0.2) is 0 Å². The lowest BCUT2D eigenvalue weighted by Gasteiger charge is -2.28. The molecule has 0 saturated carbocycles. The minimum Gasteiger partial charge on any atom is -0.390 e. The van der Waals surface area contributed by atoms with Gasteiger partial charge in [0, 0.05) is 6.04 Å². The molecule has 0 aromatic heterocycles. The molecule has 1 saturated heterocycles. The zero-order valence-electron chi connectivity index (χ0n) is 21.8. The van der Waals surface area contributed by atoms with Gasteiger partial charge >= 0.3 is 0 Å². The first-order valence-electron chi connectivity index (χ1n) is 13.6. The van der Waals surface area contributed by atoms with Crippen LogP contribution in [0, 0.1) is 5.92 Å². The van der Waals surface area contributed by atoms with E-state index in [2.05, 4.69) is 56.1 Å². The van der Waals surface area contributed by atoms with Gasteiger partial charge in [-0.1, -0.05) is 61.1 Å². The van der Waals surface area contributed by atoms with Gasteiger partial charge in [0.1, 0.15) is 6.10 Å². The van der Waals surface area contributed by atoms with Crippen molar-refractivity contribution in [3.8, 4) is 0 Å². The van der Waals surface area contributed by atoms with Crippen molar-refractivity contribution in [1.29, 1.82) is 0 Å². The molecule has 36 heavy (non-hydrogen) atoms. The first kappa shape index (κ1) is 27.1. The van der Waals surface area contributed by atoms with Gasteiger partial charge in [-0.2, -0.15) is 0 Å². The summed E-state index contributed by atoms with van der Waals surface area (Å²) >= 11 is 0. The van der Waals surface area contributed by atoms with Gasteiger partial charge in [0.05, 0.1) is 37.1 Å². The third-order valence-electron chi connectivity index (χ3n) is 7.46. The fraction of sp³-hybridized carbons (Fsp3) is 0.633. The molecule has 0 radical (unpaired) electrons. The van der Waals surface area contributed by atoms with Crippen LogP contribution in [0.25, 0.3) is 0 Å². The van der Waals surface area contributed by atoms with Gasteiger partial charge in [0.2, 0.25) is 5.91 Å². The summed E-state index contributed by atoms with van der Waals surface area (Å²) < 4.78 is 17.9. The minimum atomic E-state index is -0.566. The molecule has 8 atom stereocenters. The molecule has 1 amide bonds. The Balaban J connectivity index is 1.40. The molecule has 4 heterocycles. The minimum absolute atomic E-state index is 0.00346. The predicted octanol–water partition coefficient (Wildman–Crippen LogP) is 4.71. The molecular weight excluding hydrogens is 454 g/mol. The molecule has 4 aliphatic rings. The quantitative estimate of drug-likeness (QED) is 0.436. The lowest BCUT2D eigenvalue weighted by atomic mass is 9.91. The van der Waals surface area contributed by atoms with Crippen LogP contribution in [0.1, 0.15) is 65.2 Å². The van der Waals surface area contributed by atoms with E-state index in [1.165, 1.54) is 5.57 Å². The van der Waals surface area contributed by atoms with Crippen molar-refractivity contribution in [2.24, 2.45) is 5.92 Å². The van der Waals surface area contributed by atoms with Crippen LogP contribution in [0.3, 0.4) is 0 Å². The van der Waals surface area contributed by atoms with Crippen LogP contribution in [0.4, 0.5) is 0 Å². The normalized spacial score (nSPS) is 39.5. The number of aliphatic hydroxyl groups excluding tert-OH is 1. The third-order valence-corrected chi connectivity index (χ3v) is 7.46. The molecule has 198 valence electrons. The van der Waals surface area contributed by atoms with Gasteiger partial charge < -0.3 is 24.6 Å². The fourth-order valence-electron chi connectivity index (χ4n) is 5.57. The molecule has 1 fully saturated rings. The summed E-state index contributed by atoms with van der Waals surface area (Å²) in [4.78, 5) is 12.7. The first-order valence-corrected chi connectivity index (χ1v) is 13.6. The molecule has 2 N–H and O–H groups in total. The van der Waals surface area contributed by atoms with E-state index < -0.39 is 6.10 Å². The summed E-state index contributed by atoms with van der Waals surface area (Å²) in [7, 11) is 0. The molecule has 4 rings (SSSR count). The van der Waals surface area contributed by atoms with Crippen LogP contribution in [0.15, 0.2) is 60.3 Å². The molecule has 4 aliphatic heterocycles. The van der Waals surface area contributed by atoms with Gasteiger partial charge in [0.25, 0.3) is 0 Å². The monoisotopic (exact) mass is 497 g/mol. The van der Waals surface area contributed by atoms with Crippen LogP contribution in [0.2, 0.25) is 0 Å². The van der Waals surface area contributed by atoms with E-state index in [1.807, 2.05) is 6.08 Å². The van der Waals surface area contributed by atoms with Crippen LogP contribution in [-0.2, 0) is 19.0 Å². The van der Waals surface area contributed by atoms with E-state index in [0.717, 1.165) is 31.3 Å². The Labute approximate surface area is 216 Å². The van der Waals surface area contributed by atoms with E-state index in [4.69, 9.17) is 14.2 Å². The number of hydrogen-bond acceptors (Lipinski definition) is 5. The summed E-state index contributed by atoms with van der Waals surface area (Å²) in [5, 5.41) is 13.9. The van der Waals surface area contributed by atoms with Gasteiger partial charge in [-0.15, -0.1) is 0 Å².